The fraction of sp³-hybridized carbons (Fsp3) is 0.889. The second-order valence-electron chi connectivity index (χ2n) is 8.11. The Hall–Kier alpha value is -1.12. The zero-order valence-corrected chi connectivity index (χ0v) is 14.3. The van der Waals surface area contributed by atoms with Crippen LogP contribution in [0.4, 0.5) is 0 Å². The van der Waals surface area contributed by atoms with Gasteiger partial charge in [0.15, 0.2) is 0 Å². The molecule has 128 valence electrons. The first kappa shape index (κ1) is 16.7. The first-order valence-corrected chi connectivity index (χ1v) is 9.08. The minimum Gasteiger partial charge on any atom is -0.390 e. The minimum absolute atomic E-state index is 0.0600. The Balaban J connectivity index is 1.46. The number of nitrogens with zero attached hydrogens (tertiary/aromatic N) is 2. The maximum Gasteiger partial charge on any atom is 0.237 e. The van der Waals surface area contributed by atoms with Crippen LogP contribution in [-0.2, 0) is 4.79 Å². The molecule has 1 amide bonds. The molecule has 2 saturated carbocycles. The maximum absolute atomic E-state index is 12.3. The third kappa shape index (κ3) is 3.25. The standard InChI is InChI=1S/C18H29N3O2/c1-12(2)18(23)8-13-6-15(7-14(13)9-18)20-11-17(22)21-5-3-4-16(21)10-19/h12-16,20,23H,3-9,11H2,1-2H3/t13-,14+,15-,16-,18?/m0/s1. The van der Waals surface area contributed by atoms with Gasteiger partial charge in [0.05, 0.1) is 18.2 Å². The van der Waals surface area contributed by atoms with Crippen LogP contribution in [0.3, 0.4) is 0 Å². The van der Waals surface area contributed by atoms with E-state index in [9.17, 15) is 9.90 Å². The number of carbonyl (C=O) groups is 1. The molecule has 3 aliphatic rings. The molecule has 5 nitrogen and oxygen atoms in total. The van der Waals surface area contributed by atoms with Gasteiger partial charge in [-0.1, -0.05) is 13.8 Å². The number of amides is 1. The zero-order valence-electron chi connectivity index (χ0n) is 14.3. The largest absolute Gasteiger partial charge is 0.390 e. The summed E-state index contributed by atoms with van der Waals surface area (Å²) < 4.78 is 0. The molecule has 1 aliphatic heterocycles. The van der Waals surface area contributed by atoms with E-state index in [4.69, 9.17) is 5.26 Å². The number of hydrogen-bond donors (Lipinski definition) is 2. The van der Waals surface area contributed by atoms with Crippen LogP contribution in [0.2, 0.25) is 0 Å². The van der Waals surface area contributed by atoms with Gasteiger partial charge in [-0.3, -0.25) is 4.79 Å². The Morgan fingerprint density at radius 3 is 2.61 bits per heavy atom. The molecule has 2 aliphatic carbocycles. The second kappa shape index (κ2) is 6.41. The molecule has 0 aromatic heterocycles. The van der Waals surface area contributed by atoms with E-state index in [0.717, 1.165) is 45.1 Å². The summed E-state index contributed by atoms with van der Waals surface area (Å²) in [7, 11) is 0. The van der Waals surface area contributed by atoms with Gasteiger partial charge < -0.3 is 15.3 Å². The van der Waals surface area contributed by atoms with Gasteiger partial charge in [-0.05, 0) is 56.3 Å². The Kier molecular flexibility index (Phi) is 4.66. The van der Waals surface area contributed by atoms with Gasteiger partial charge in [-0.15, -0.1) is 0 Å². The molecule has 0 spiro atoms. The topological polar surface area (TPSA) is 76.4 Å². The molecular weight excluding hydrogens is 290 g/mol. The van der Waals surface area contributed by atoms with E-state index in [0.29, 0.717) is 30.3 Å². The summed E-state index contributed by atoms with van der Waals surface area (Å²) in [6.07, 6.45) is 5.69. The van der Waals surface area contributed by atoms with Crippen molar-refractivity contribution in [3.63, 3.8) is 0 Å². The molecule has 3 fully saturated rings. The fourth-order valence-corrected chi connectivity index (χ4v) is 4.87. The van der Waals surface area contributed by atoms with Crippen molar-refractivity contribution in [3.05, 3.63) is 0 Å². The number of nitrogens with one attached hydrogen (secondary N) is 1. The Morgan fingerprint density at radius 1 is 1.39 bits per heavy atom. The lowest BCUT2D eigenvalue weighted by molar-refractivity contribution is -0.130. The van der Waals surface area contributed by atoms with Crippen LogP contribution in [0.15, 0.2) is 0 Å². The number of fused-ring (bicyclic) bond motifs is 1. The minimum atomic E-state index is -0.480. The summed E-state index contributed by atoms with van der Waals surface area (Å²) in [5.41, 5.74) is -0.480. The van der Waals surface area contributed by atoms with Crippen molar-refractivity contribution in [2.75, 3.05) is 13.1 Å². The summed E-state index contributed by atoms with van der Waals surface area (Å²) in [5, 5.41) is 23.2. The van der Waals surface area contributed by atoms with Gasteiger partial charge in [-0.2, -0.15) is 5.26 Å². The van der Waals surface area contributed by atoms with Crippen LogP contribution in [-0.4, -0.2) is 46.7 Å². The molecule has 0 radical (unpaired) electrons. The molecule has 5 heteroatoms. The van der Waals surface area contributed by atoms with Crippen LogP contribution in [0.1, 0.15) is 52.4 Å². The number of aliphatic hydroxyl groups is 1. The normalized spacial score (nSPS) is 39.7. The average molecular weight is 319 g/mol. The van der Waals surface area contributed by atoms with Gasteiger partial charge >= 0.3 is 0 Å². The van der Waals surface area contributed by atoms with Crippen LogP contribution in [0, 0.1) is 29.1 Å². The van der Waals surface area contributed by atoms with E-state index in [1.807, 2.05) is 0 Å². The third-order valence-electron chi connectivity index (χ3n) is 6.41. The summed E-state index contributed by atoms with van der Waals surface area (Å²) in [6, 6.07) is 2.38. The molecule has 1 unspecified atom stereocenters. The summed E-state index contributed by atoms with van der Waals surface area (Å²) in [6.45, 7) is 5.28. The first-order valence-electron chi connectivity index (χ1n) is 9.08. The molecule has 0 bridgehead atoms. The lowest BCUT2D eigenvalue weighted by Gasteiger charge is -2.29. The van der Waals surface area contributed by atoms with Gasteiger partial charge in [0, 0.05) is 12.6 Å². The smallest absolute Gasteiger partial charge is 0.237 e. The van der Waals surface area contributed by atoms with Gasteiger partial charge in [-0.25, -0.2) is 0 Å². The number of likely N-dealkylation sites (tertiary alicyclic amines) is 1. The van der Waals surface area contributed by atoms with Crippen molar-refractivity contribution in [2.24, 2.45) is 17.8 Å². The molecule has 5 atom stereocenters. The number of hydrogen-bond acceptors (Lipinski definition) is 4. The predicted octanol–water partition coefficient (Wildman–Crippen LogP) is 1.67. The van der Waals surface area contributed by atoms with Crippen molar-refractivity contribution in [3.8, 4) is 6.07 Å². The second-order valence-corrected chi connectivity index (χ2v) is 8.11. The van der Waals surface area contributed by atoms with Crippen molar-refractivity contribution < 1.29 is 9.90 Å². The number of nitriles is 1. The van der Waals surface area contributed by atoms with E-state index >= 15 is 0 Å². The summed E-state index contributed by atoms with van der Waals surface area (Å²) in [5.74, 6) is 1.56. The van der Waals surface area contributed by atoms with Gasteiger partial charge in [0.25, 0.3) is 0 Å². The summed E-state index contributed by atoms with van der Waals surface area (Å²) >= 11 is 0. The van der Waals surface area contributed by atoms with Crippen LogP contribution in [0.5, 0.6) is 0 Å². The molecule has 3 rings (SSSR count). The van der Waals surface area contributed by atoms with E-state index < -0.39 is 5.60 Å². The number of rotatable bonds is 4. The SMILES string of the molecule is CC(C)C1(O)C[C@H]2C[C@@H](NCC(=O)N3CCC[C@H]3C#N)C[C@H]2C1. The first-order chi connectivity index (χ1) is 10.9. The Bertz CT molecular complexity index is 485. The monoisotopic (exact) mass is 319 g/mol. The van der Waals surface area contributed by atoms with Gasteiger partial charge in [0.2, 0.25) is 5.91 Å². The Morgan fingerprint density at radius 2 is 2.04 bits per heavy atom. The highest BCUT2D eigenvalue weighted by atomic mass is 16.3. The van der Waals surface area contributed by atoms with E-state index in [2.05, 4.69) is 25.2 Å². The lowest BCUT2D eigenvalue weighted by atomic mass is 9.86. The highest BCUT2D eigenvalue weighted by molar-refractivity contribution is 5.79. The molecule has 0 aromatic rings. The fourth-order valence-electron chi connectivity index (χ4n) is 4.87. The van der Waals surface area contributed by atoms with E-state index in [-0.39, 0.29) is 11.9 Å². The van der Waals surface area contributed by atoms with E-state index in [1.165, 1.54) is 0 Å². The van der Waals surface area contributed by atoms with Crippen molar-refractivity contribution in [2.45, 2.75) is 70.1 Å². The van der Waals surface area contributed by atoms with Crippen LogP contribution < -0.4 is 5.32 Å². The molecule has 1 saturated heterocycles. The lowest BCUT2D eigenvalue weighted by Crippen LogP contribution is -2.43. The molecule has 23 heavy (non-hydrogen) atoms. The number of carbonyl (C=O) groups excluding carboxylic acids is 1. The van der Waals surface area contributed by atoms with Crippen molar-refractivity contribution in [1.29, 1.82) is 5.26 Å². The van der Waals surface area contributed by atoms with Crippen LogP contribution >= 0.6 is 0 Å². The van der Waals surface area contributed by atoms with Crippen molar-refractivity contribution >= 4 is 5.91 Å². The highest BCUT2D eigenvalue weighted by Gasteiger charge is 2.49. The maximum atomic E-state index is 12.3. The van der Waals surface area contributed by atoms with Gasteiger partial charge in [0.1, 0.15) is 6.04 Å². The average Bonchev–Trinajstić information content (AvgIpc) is 3.17. The molecule has 2 N–H and O–H groups in total. The van der Waals surface area contributed by atoms with Crippen molar-refractivity contribution in [1.82, 2.24) is 10.2 Å². The predicted molar refractivity (Wildman–Crippen MR) is 87.4 cm³/mol. The highest BCUT2D eigenvalue weighted by Crippen LogP contribution is 2.51. The third-order valence-corrected chi connectivity index (χ3v) is 6.41. The molecule has 1 heterocycles. The van der Waals surface area contributed by atoms with Crippen LogP contribution in [0.25, 0.3) is 0 Å². The molecule has 0 aromatic carbocycles. The summed E-state index contributed by atoms with van der Waals surface area (Å²) in [4.78, 5) is 14.0. The molecular formula is C18H29N3O2. The van der Waals surface area contributed by atoms with E-state index in [1.54, 1.807) is 4.90 Å². The Labute approximate surface area is 139 Å². The quantitative estimate of drug-likeness (QED) is 0.826. The zero-order chi connectivity index (χ0) is 16.6.